The van der Waals surface area contributed by atoms with Gasteiger partial charge in [-0.15, -0.1) is 11.8 Å². The van der Waals surface area contributed by atoms with Gasteiger partial charge in [-0.3, -0.25) is 14.3 Å². The summed E-state index contributed by atoms with van der Waals surface area (Å²) in [6.07, 6.45) is -0.0543. The number of carbonyl (C=O) groups is 2. The second-order valence-electron chi connectivity index (χ2n) is 7.18. The number of hydrogen-bond acceptors (Lipinski definition) is 6. The maximum Gasteiger partial charge on any atom is 0.262 e. The van der Waals surface area contributed by atoms with E-state index in [2.05, 4.69) is 15.4 Å². The van der Waals surface area contributed by atoms with E-state index in [0.29, 0.717) is 17.1 Å². The van der Waals surface area contributed by atoms with Gasteiger partial charge in [-0.05, 0) is 42.5 Å². The molecule has 0 spiro atoms. The normalized spacial score (nSPS) is 15.2. The highest BCUT2D eigenvalue weighted by atomic mass is 32.2. The van der Waals surface area contributed by atoms with Crippen LogP contribution in [-0.2, 0) is 19.6 Å². The monoisotopic (exact) mass is 483 g/mol. The third-order valence-electron chi connectivity index (χ3n) is 4.86. The summed E-state index contributed by atoms with van der Waals surface area (Å²) in [6, 6.07) is 19.9. The molecule has 1 atom stereocenters. The molecule has 33 heavy (non-hydrogen) atoms. The summed E-state index contributed by atoms with van der Waals surface area (Å²) in [6.45, 7) is 0. The number of nitrogens with one attached hydrogen (secondary N) is 3. The van der Waals surface area contributed by atoms with Crippen LogP contribution in [0.1, 0.15) is 6.42 Å². The number of thioether (sulfide) groups is 1. The summed E-state index contributed by atoms with van der Waals surface area (Å²) in [4.78, 5) is 25.8. The third-order valence-corrected chi connectivity index (χ3v) is 7.50. The third kappa shape index (κ3) is 5.29. The maximum absolute atomic E-state index is 12.8. The average molecular weight is 484 g/mol. The Bertz CT molecular complexity index is 1310. The topological polar surface area (TPSA) is 114 Å². The number of ether oxygens (including phenoxy) is 1. The average Bonchev–Trinajstić information content (AvgIpc) is 2.80. The summed E-state index contributed by atoms with van der Waals surface area (Å²) in [5.41, 5.74) is 1.34. The minimum atomic E-state index is -3.92. The van der Waals surface area contributed by atoms with Crippen molar-refractivity contribution < 1.29 is 22.7 Å². The van der Waals surface area contributed by atoms with Crippen LogP contribution in [0.4, 0.5) is 17.1 Å². The van der Waals surface area contributed by atoms with Crippen LogP contribution >= 0.6 is 11.8 Å². The van der Waals surface area contributed by atoms with Crippen LogP contribution in [0.3, 0.4) is 0 Å². The van der Waals surface area contributed by atoms with Gasteiger partial charge in [0.2, 0.25) is 11.8 Å². The van der Waals surface area contributed by atoms with Gasteiger partial charge in [-0.1, -0.05) is 30.3 Å². The Morgan fingerprint density at radius 3 is 2.64 bits per heavy atom. The number of sulfonamides is 1. The summed E-state index contributed by atoms with van der Waals surface area (Å²) >= 11 is 1.33. The van der Waals surface area contributed by atoms with Gasteiger partial charge in [0.15, 0.2) is 0 Å². The lowest BCUT2D eigenvalue weighted by molar-refractivity contribution is -0.120. The molecular weight excluding hydrogens is 462 g/mol. The fraction of sp³-hybridized carbons (Fsp3) is 0.130. The number of carbonyl (C=O) groups excluding carboxylic acids is 2. The molecular formula is C23H21N3O5S2. The van der Waals surface area contributed by atoms with Crippen LogP contribution in [0.5, 0.6) is 5.75 Å². The van der Waals surface area contributed by atoms with E-state index in [1.54, 1.807) is 30.3 Å². The molecule has 4 rings (SSSR count). The fourth-order valence-corrected chi connectivity index (χ4v) is 5.51. The second-order valence-corrected chi connectivity index (χ2v) is 10.1. The lowest BCUT2D eigenvalue weighted by Crippen LogP contribution is -2.32. The molecule has 0 bridgehead atoms. The van der Waals surface area contributed by atoms with Gasteiger partial charge >= 0.3 is 0 Å². The SMILES string of the molecule is COc1ccccc1NS(=O)(=O)c1cccc(NC(=O)CC2Sc3ccccc3NC2=O)c1. The highest BCUT2D eigenvalue weighted by molar-refractivity contribution is 8.01. The molecule has 1 aliphatic rings. The van der Waals surface area contributed by atoms with Crippen LogP contribution in [-0.4, -0.2) is 32.6 Å². The Morgan fingerprint density at radius 2 is 1.82 bits per heavy atom. The first kappa shape index (κ1) is 22.7. The van der Waals surface area contributed by atoms with Gasteiger partial charge < -0.3 is 15.4 Å². The predicted molar refractivity (Wildman–Crippen MR) is 128 cm³/mol. The Hall–Kier alpha value is -3.50. The molecule has 3 aromatic carbocycles. The molecule has 3 aromatic rings. The molecule has 0 saturated carbocycles. The number of fused-ring (bicyclic) bond motifs is 1. The van der Waals surface area contributed by atoms with Gasteiger partial charge in [0, 0.05) is 17.0 Å². The van der Waals surface area contributed by atoms with Gasteiger partial charge in [-0.2, -0.15) is 0 Å². The number of methoxy groups -OCH3 is 1. The van der Waals surface area contributed by atoms with Crippen molar-refractivity contribution in [2.24, 2.45) is 0 Å². The van der Waals surface area contributed by atoms with Crippen molar-refractivity contribution in [2.45, 2.75) is 21.5 Å². The second kappa shape index (κ2) is 9.55. The molecule has 1 unspecified atom stereocenters. The van der Waals surface area contributed by atoms with E-state index >= 15 is 0 Å². The molecule has 170 valence electrons. The van der Waals surface area contributed by atoms with Gasteiger partial charge in [0.25, 0.3) is 10.0 Å². The molecule has 1 heterocycles. The van der Waals surface area contributed by atoms with Crippen molar-refractivity contribution in [1.29, 1.82) is 0 Å². The Morgan fingerprint density at radius 1 is 1.06 bits per heavy atom. The number of benzene rings is 3. The van der Waals surface area contributed by atoms with Gasteiger partial charge in [0.1, 0.15) is 5.75 Å². The smallest absolute Gasteiger partial charge is 0.262 e. The lowest BCUT2D eigenvalue weighted by Gasteiger charge is -2.23. The Kier molecular flexibility index (Phi) is 6.57. The van der Waals surface area contributed by atoms with E-state index in [4.69, 9.17) is 4.74 Å². The van der Waals surface area contributed by atoms with Crippen molar-refractivity contribution in [3.63, 3.8) is 0 Å². The first-order valence-corrected chi connectivity index (χ1v) is 12.3. The van der Waals surface area contributed by atoms with Crippen molar-refractivity contribution in [1.82, 2.24) is 0 Å². The summed E-state index contributed by atoms with van der Waals surface area (Å²) < 4.78 is 33.4. The van der Waals surface area contributed by atoms with Crippen LogP contribution in [0.25, 0.3) is 0 Å². The van der Waals surface area contributed by atoms with Gasteiger partial charge in [-0.25, -0.2) is 8.42 Å². The van der Waals surface area contributed by atoms with E-state index in [9.17, 15) is 18.0 Å². The van der Waals surface area contributed by atoms with E-state index in [1.807, 2.05) is 24.3 Å². The van der Waals surface area contributed by atoms with Crippen molar-refractivity contribution in [2.75, 3.05) is 22.5 Å². The van der Waals surface area contributed by atoms with Crippen molar-refractivity contribution in [3.8, 4) is 5.75 Å². The number of anilines is 3. The minimum Gasteiger partial charge on any atom is -0.495 e. The summed E-state index contributed by atoms with van der Waals surface area (Å²) in [5.74, 6) is -0.254. The lowest BCUT2D eigenvalue weighted by atomic mass is 10.2. The molecule has 0 fully saturated rings. The zero-order valence-electron chi connectivity index (χ0n) is 17.6. The Labute approximate surface area is 195 Å². The zero-order chi connectivity index (χ0) is 23.4. The van der Waals surface area contributed by atoms with E-state index in [-0.39, 0.29) is 17.2 Å². The highest BCUT2D eigenvalue weighted by Crippen LogP contribution is 2.36. The first-order chi connectivity index (χ1) is 15.9. The number of rotatable bonds is 7. The quantitative estimate of drug-likeness (QED) is 0.469. The van der Waals surface area contributed by atoms with Crippen LogP contribution in [0, 0.1) is 0 Å². The van der Waals surface area contributed by atoms with Crippen molar-refractivity contribution in [3.05, 3.63) is 72.8 Å². The van der Waals surface area contributed by atoms with Gasteiger partial charge in [0.05, 0.1) is 28.6 Å². The predicted octanol–water partition coefficient (Wildman–Crippen LogP) is 3.94. The molecule has 0 radical (unpaired) electrons. The molecule has 0 aliphatic carbocycles. The molecule has 2 amide bonds. The fourth-order valence-electron chi connectivity index (χ4n) is 3.28. The van der Waals surface area contributed by atoms with Crippen LogP contribution in [0.15, 0.2) is 82.6 Å². The zero-order valence-corrected chi connectivity index (χ0v) is 19.2. The van der Waals surface area contributed by atoms with Crippen LogP contribution < -0.4 is 20.1 Å². The molecule has 0 aromatic heterocycles. The Balaban J connectivity index is 1.45. The maximum atomic E-state index is 12.8. The standard InChI is InChI=1S/C23H21N3O5S2/c1-31-19-11-4-2-9-17(19)26-33(29,30)16-8-6-7-15(13-16)24-22(27)14-21-23(28)25-18-10-3-5-12-20(18)32-21/h2-13,21,26H,14H2,1H3,(H,24,27)(H,25,28). The molecule has 8 nitrogen and oxygen atoms in total. The van der Waals surface area contributed by atoms with Crippen LogP contribution in [0.2, 0.25) is 0 Å². The molecule has 10 heteroatoms. The van der Waals surface area contributed by atoms with E-state index in [0.717, 1.165) is 10.6 Å². The number of para-hydroxylation sites is 3. The largest absolute Gasteiger partial charge is 0.495 e. The van der Waals surface area contributed by atoms with E-state index in [1.165, 1.54) is 37.1 Å². The summed E-state index contributed by atoms with van der Waals surface area (Å²) in [7, 11) is -2.47. The van der Waals surface area contributed by atoms with Crippen molar-refractivity contribution >= 4 is 50.7 Å². The molecule has 3 N–H and O–H groups in total. The molecule has 1 aliphatic heterocycles. The van der Waals surface area contributed by atoms with E-state index < -0.39 is 21.2 Å². The number of hydrogen-bond donors (Lipinski definition) is 3. The molecule has 0 saturated heterocycles. The highest BCUT2D eigenvalue weighted by Gasteiger charge is 2.29. The summed E-state index contributed by atoms with van der Waals surface area (Å²) in [5, 5.41) is 4.90. The minimum absolute atomic E-state index is 0.0232. The first-order valence-electron chi connectivity index (χ1n) is 9.98. The number of amides is 2.